The first-order valence-electron chi connectivity index (χ1n) is 8.34. The van der Waals surface area contributed by atoms with Crippen molar-refractivity contribution in [3.8, 4) is 11.1 Å². The monoisotopic (exact) mass is 418 g/mol. The van der Waals surface area contributed by atoms with Gasteiger partial charge in [0.05, 0.1) is 16.3 Å². The molecule has 8 heteroatoms. The van der Waals surface area contributed by atoms with Crippen molar-refractivity contribution < 1.29 is 22.8 Å². The molecule has 0 aromatic heterocycles. The van der Waals surface area contributed by atoms with Crippen molar-refractivity contribution in [3.05, 3.63) is 88.4 Å². The maximum atomic E-state index is 12.8. The number of alkyl halides is 3. The highest BCUT2D eigenvalue weighted by Gasteiger charge is 2.30. The van der Waals surface area contributed by atoms with Gasteiger partial charge in [0.25, 0.3) is 5.91 Å². The Balaban J connectivity index is 1.94. The van der Waals surface area contributed by atoms with Crippen LogP contribution in [0.4, 0.5) is 18.9 Å². The van der Waals surface area contributed by atoms with E-state index in [1.807, 2.05) is 0 Å². The van der Waals surface area contributed by atoms with E-state index in [0.29, 0.717) is 11.1 Å². The molecular weight excluding hydrogens is 405 g/mol. The van der Waals surface area contributed by atoms with Crippen LogP contribution in [-0.2, 0) is 6.18 Å². The fourth-order valence-corrected chi connectivity index (χ4v) is 2.90. The molecule has 0 heterocycles. The predicted octanol–water partition coefficient (Wildman–Crippen LogP) is 5.38. The van der Waals surface area contributed by atoms with Crippen LogP contribution >= 0.6 is 11.6 Å². The Hall–Kier alpha value is -3.32. The second-order valence-corrected chi connectivity index (χ2v) is 6.54. The number of hydrogen-bond acceptors (Lipinski definition) is 2. The zero-order valence-corrected chi connectivity index (χ0v) is 15.5. The zero-order chi connectivity index (χ0) is 21.2. The minimum atomic E-state index is -4.45. The van der Waals surface area contributed by atoms with Crippen LogP contribution in [0.15, 0.2) is 66.7 Å². The Labute approximate surface area is 169 Å². The summed E-state index contributed by atoms with van der Waals surface area (Å²) >= 11 is 6.08. The summed E-state index contributed by atoms with van der Waals surface area (Å²) in [4.78, 5) is 24.1. The molecule has 4 nitrogen and oxygen atoms in total. The van der Waals surface area contributed by atoms with Crippen LogP contribution in [-0.4, -0.2) is 11.8 Å². The predicted molar refractivity (Wildman–Crippen MR) is 105 cm³/mol. The van der Waals surface area contributed by atoms with E-state index in [4.69, 9.17) is 17.3 Å². The van der Waals surface area contributed by atoms with Crippen molar-refractivity contribution in [1.82, 2.24) is 0 Å². The van der Waals surface area contributed by atoms with E-state index < -0.39 is 23.6 Å². The standard InChI is InChI=1S/C21H14ClF3N2O2/c22-17-10-7-13(19(26)28)11-18(17)27-20(29)16-4-2-1-3-15(16)12-5-8-14(9-6-12)21(23,24)25/h1-11H,(H2,26,28)(H,27,29). The van der Waals surface area contributed by atoms with E-state index in [-0.39, 0.29) is 21.8 Å². The highest BCUT2D eigenvalue weighted by Crippen LogP contribution is 2.32. The zero-order valence-electron chi connectivity index (χ0n) is 14.8. The summed E-state index contributed by atoms with van der Waals surface area (Å²) in [5.41, 5.74) is 5.94. The number of benzene rings is 3. The lowest BCUT2D eigenvalue weighted by Gasteiger charge is -2.13. The lowest BCUT2D eigenvalue weighted by molar-refractivity contribution is -0.137. The molecule has 29 heavy (non-hydrogen) atoms. The summed E-state index contributed by atoms with van der Waals surface area (Å²) in [7, 11) is 0. The molecule has 3 rings (SSSR count). The number of amides is 2. The fraction of sp³-hybridized carbons (Fsp3) is 0.0476. The number of hydrogen-bond donors (Lipinski definition) is 2. The maximum absolute atomic E-state index is 12.8. The van der Waals surface area contributed by atoms with E-state index in [2.05, 4.69) is 5.32 Å². The minimum Gasteiger partial charge on any atom is -0.366 e. The smallest absolute Gasteiger partial charge is 0.366 e. The van der Waals surface area contributed by atoms with Crippen molar-refractivity contribution in [2.24, 2.45) is 5.73 Å². The highest BCUT2D eigenvalue weighted by molar-refractivity contribution is 6.34. The van der Waals surface area contributed by atoms with E-state index in [1.165, 1.54) is 36.4 Å². The van der Waals surface area contributed by atoms with E-state index in [0.717, 1.165) is 12.1 Å². The van der Waals surface area contributed by atoms with Gasteiger partial charge in [-0.15, -0.1) is 0 Å². The normalized spacial score (nSPS) is 11.2. The van der Waals surface area contributed by atoms with Gasteiger partial charge in [-0.2, -0.15) is 13.2 Å². The fourth-order valence-electron chi connectivity index (χ4n) is 2.74. The second kappa shape index (κ2) is 7.97. The van der Waals surface area contributed by atoms with Gasteiger partial charge in [0.1, 0.15) is 0 Å². The van der Waals surface area contributed by atoms with Crippen LogP contribution in [0.1, 0.15) is 26.3 Å². The summed E-state index contributed by atoms with van der Waals surface area (Å²) in [5.74, 6) is -1.22. The largest absolute Gasteiger partial charge is 0.416 e. The van der Waals surface area contributed by atoms with Crippen LogP contribution in [0.5, 0.6) is 0 Å². The Kier molecular flexibility index (Phi) is 5.61. The molecule has 0 aliphatic heterocycles. The van der Waals surface area contributed by atoms with Gasteiger partial charge in [-0.05, 0) is 47.5 Å². The SMILES string of the molecule is NC(=O)c1ccc(Cl)c(NC(=O)c2ccccc2-c2ccc(C(F)(F)F)cc2)c1. The summed E-state index contributed by atoms with van der Waals surface area (Å²) < 4.78 is 38.4. The average Bonchev–Trinajstić information content (AvgIpc) is 2.69. The number of halogens is 4. The Morgan fingerprint density at radius 2 is 1.59 bits per heavy atom. The number of primary amides is 1. The van der Waals surface area contributed by atoms with Gasteiger partial charge in [0.2, 0.25) is 5.91 Å². The Morgan fingerprint density at radius 1 is 0.931 bits per heavy atom. The molecule has 0 unspecified atom stereocenters. The number of nitrogens with two attached hydrogens (primary N) is 1. The Morgan fingerprint density at radius 3 is 2.21 bits per heavy atom. The molecule has 3 aromatic rings. The van der Waals surface area contributed by atoms with Crippen molar-refractivity contribution >= 4 is 29.1 Å². The summed E-state index contributed by atoms with van der Waals surface area (Å²) in [6.45, 7) is 0. The van der Waals surface area contributed by atoms with Crippen LogP contribution in [0, 0.1) is 0 Å². The molecule has 3 aromatic carbocycles. The Bertz CT molecular complexity index is 1080. The summed E-state index contributed by atoms with van der Waals surface area (Å²) in [6.07, 6.45) is -4.45. The molecule has 148 valence electrons. The molecule has 0 atom stereocenters. The van der Waals surface area contributed by atoms with Gasteiger partial charge in [-0.1, -0.05) is 41.9 Å². The van der Waals surface area contributed by atoms with Crippen LogP contribution < -0.4 is 11.1 Å². The molecule has 3 N–H and O–H groups in total. The quantitative estimate of drug-likeness (QED) is 0.597. The van der Waals surface area contributed by atoms with Gasteiger partial charge in [-0.3, -0.25) is 9.59 Å². The number of rotatable bonds is 4. The number of nitrogens with one attached hydrogen (secondary N) is 1. The molecule has 2 amide bonds. The molecule has 0 aliphatic carbocycles. The van der Waals surface area contributed by atoms with Gasteiger partial charge in [0.15, 0.2) is 0 Å². The van der Waals surface area contributed by atoms with Gasteiger partial charge in [-0.25, -0.2) is 0 Å². The molecule has 0 aliphatic rings. The molecule has 0 saturated heterocycles. The lowest BCUT2D eigenvalue weighted by atomic mass is 9.98. The molecule has 0 spiro atoms. The van der Waals surface area contributed by atoms with Gasteiger partial charge < -0.3 is 11.1 Å². The number of carbonyl (C=O) groups excluding carboxylic acids is 2. The third-order valence-electron chi connectivity index (χ3n) is 4.19. The van der Waals surface area contributed by atoms with Gasteiger partial charge >= 0.3 is 6.18 Å². The number of carbonyl (C=O) groups is 2. The van der Waals surface area contributed by atoms with E-state index in [1.54, 1.807) is 18.2 Å². The lowest BCUT2D eigenvalue weighted by Crippen LogP contribution is -2.15. The highest BCUT2D eigenvalue weighted by atomic mass is 35.5. The summed E-state index contributed by atoms with van der Waals surface area (Å²) in [5, 5.41) is 2.81. The first kappa shape index (κ1) is 20.4. The average molecular weight is 419 g/mol. The third-order valence-corrected chi connectivity index (χ3v) is 4.52. The molecule has 0 saturated carbocycles. The van der Waals surface area contributed by atoms with E-state index in [9.17, 15) is 22.8 Å². The first-order chi connectivity index (χ1) is 13.7. The van der Waals surface area contributed by atoms with E-state index >= 15 is 0 Å². The molecule has 0 radical (unpaired) electrons. The van der Waals surface area contributed by atoms with Crippen molar-refractivity contribution in [1.29, 1.82) is 0 Å². The molecule has 0 fully saturated rings. The number of anilines is 1. The molecular formula is C21H14ClF3N2O2. The van der Waals surface area contributed by atoms with Crippen LogP contribution in [0.2, 0.25) is 5.02 Å². The third kappa shape index (κ3) is 4.57. The van der Waals surface area contributed by atoms with Gasteiger partial charge in [0, 0.05) is 11.1 Å². The van der Waals surface area contributed by atoms with Crippen LogP contribution in [0.25, 0.3) is 11.1 Å². The maximum Gasteiger partial charge on any atom is 0.416 e. The van der Waals surface area contributed by atoms with Crippen molar-refractivity contribution in [2.75, 3.05) is 5.32 Å². The first-order valence-corrected chi connectivity index (χ1v) is 8.72. The topological polar surface area (TPSA) is 72.2 Å². The molecule has 0 bridgehead atoms. The second-order valence-electron chi connectivity index (χ2n) is 6.13. The van der Waals surface area contributed by atoms with Crippen molar-refractivity contribution in [2.45, 2.75) is 6.18 Å². The minimum absolute atomic E-state index is 0.167. The van der Waals surface area contributed by atoms with Crippen molar-refractivity contribution in [3.63, 3.8) is 0 Å². The summed E-state index contributed by atoms with van der Waals surface area (Å²) in [6, 6.07) is 15.2. The van der Waals surface area contributed by atoms with Crippen LogP contribution in [0.3, 0.4) is 0 Å².